The molecule has 1 aromatic heterocycles. The van der Waals surface area contributed by atoms with Crippen LogP contribution in [0.25, 0.3) is 0 Å². The van der Waals surface area contributed by atoms with Gasteiger partial charge in [0, 0.05) is 25.5 Å². The molecule has 100 valence electrons. The Morgan fingerprint density at radius 3 is 3.00 bits per heavy atom. The number of aromatic nitrogens is 1. The van der Waals surface area contributed by atoms with Crippen molar-refractivity contribution in [2.24, 2.45) is 0 Å². The summed E-state index contributed by atoms with van der Waals surface area (Å²) in [5.41, 5.74) is 1.46. The molecule has 0 radical (unpaired) electrons. The Labute approximate surface area is 113 Å². The number of pyridine rings is 1. The van der Waals surface area contributed by atoms with Crippen LogP contribution < -0.4 is 10.6 Å². The Morgan fingerprint density at radius 1 is 1.44 bits per heavy atom. The van der Waals surface area contributed by atoms with Crippen LogP contribution in [0.4, 0.5) is 5.69 Å². The zero-order chi connectivity index (χ0) is 13.2. The van der Waals surface area contributed by atoms with Gasteiger partial charge in [0.25, 0.3) is 5.91 Å². The molecule has 0 aromatic carbocycles. The maximum Gasteiger partial charge on any atom is 0.254 e. The van der Waals surface area contributed by atoms with Gasteiger partial charge in [-0.2, -0.15) is 11.8 Å². The van der Waals surface area contributed by atoms with Gasteiger partial charge >= 0.3 is 0 Å². The second kappa shape index (κ2) is 8.80. The van der Waals surface area contributed by atoms with Gasteiger partial charge in [0.15, 0.2) is 0 Å². The first kappa shape index (κ1) is 14.8. The third kappa shape index (κ3) is 4.96. The summed E-state index contributed by atoms with van der Waals surface area (Å²) in [6.45, 7) is 3.52. The van der Waals surface area contributed by atoms with Crippen LogP contribution in [-0.2, 0) is 0 Å². The molecule has 0 unspecified atom stereocenters. The van der Waals surface area contributed by atoms with Crippen LogP contribution in [0.1, 0.15) is 30.1 Å². The first-order chi connectivity index (χ1) is 8.79. The van der Waals surface area contributed by atoms with Gasteiger partial charge < -0.3 is 10.6 Å². The summed E-state index contributed by atoms with van der Waals surface area (Å²) >= 11 is 1.83. The fraction of sp³-hybridized carbons (Fsp3) is 0.538. The van der Waals surface area contributed by atoms with Crippen molar-refractivity contribution in [1.29, 1.82) is 0 Å². The maximum absolute atomic E-state index is 12.0. The van der Waals surface area contributed by atoms with Gasteiger partial charge in [-0.25, -0.2) is 0 Å². The fourth-order valence-corrected chi connectivity index (χ4v) is 2.08. The SMILES string of the molecule is CCNc1ccncc1C(=O)NCCCCSC. The van der Waals surface area contributed by atoms with Crippen LogP contribution in [0.2, 0.25) is 0 Å². The Balaban J connectivity index is 2.45. The van der Waals surface area contributed by atoms with Crippen molar-refractivity contribution in [3.63, 3.8) is 0 Å². The molecule has 0 aliphatic rings. The van der Waals surface area contributed by atoms with Gasteiger partial charge in [-0.1, -0.05) is 0 Å². The van der Waals surface area contributed by atoms with Crippen molar-refractivity contribution in [3.8, 4) is 0 Å². The molecule has 0 bridgehead atoms. The average Bonchev–Trinajstić information content (AvgIpc) is 2.39. The summed E-state index contributed by atoms with van der Waals surface area (Å²) in [5.74, 6) is 1.09. The van der Waals surface area contributed by atoms with E-state index >= 15 is 0 Å². The van der Waals surface area contributed by atoms with Crippen LogP contribution >= 0.6 is 11.8 Å². The third-order valence-electron chi connectivity index (χ3n) is 2.49. The zero-order valence-corrected chi connectivity index (χ0v) is 11.8. The highest BCUT2D eigenvalue weighted by atomic mass is 32.2. The number of thioether (sulfide) groups is 1. The van der Waals surface area contributed by atoms with Crippen molar-refractivity contribution < 1.29 is 4.79 Å². The number of hydrogen-bond acceptors (Lipinski definition) is 4. The number of anilines is 1. The molecule has 0 aliphatic heterocycles. The predicted octanol–water partition coefficient (Wildman–Crippen LogP) is 2.39. The minimum Gasteiger partial charge on any atom is -0.385 e. The standard InChI is InChI=1S/C13H21N3OS/c1-3-15-12-6-8-14-10-11(12)13(17)16-7-4-5-9-18-2/h6,8,10H,3-5,7,9H2,1-2H3,(H,14,15)(H,16,17). The summed E-state index contributed by atoms with van der Waals surface area (Å²) in [6, 6.07) is 1.83. The second-order valence-electron chi connectivity index (χ2n) is 3.91. The minimum absolute atomic E-state index is 0.0526. The molecule has 0 saturated heterocycles. The molecule has 18 heavy (non-hydrogen) atoms. The van der Waals surface area contributed by atoms with Gasteiger partial charge in [-0.05, 0) is 37.8 Å². The lowest BCUT2D eigenvalue weighted by Gasteiger charge is -2.10. The number of hydrogen-bond donors (Lipinski definition) is 2. The van der Waals surface area contributed by atoms with Crippen molar-refractivity contribution in [1.82, 2.24) is 10.3 Å². The first-order valence-corrected chi connectivity index (χ1v) is 7.64. The monoisotopic (exact) mass is 267 g/mol. The number of nitrogens with one attached hydrogen (secondary N) is 2. The number of carbonyl (C=O) groups excluding carboxylic acids is 1. The van der Waals surface area contributed by atoms with Crippen LogP contribution in [-0.4, -0.2) is 36.0 Å². The summed E-state index contributed by atoms with van der Waals surface area (Å²) in [7, 11) is 0. The molecule has 0 spiro atoms. The number of carbonyl (C=O) groups is 1. The second-order valence-corrected chi connectivity index (χ2v) is 4.89. The van der Waals surface area contributed by atoms with E-state index in [2.05, 4.69) is 21.9 Å². The lowest BCUT2D eigenvalue weighted by molar-refractivity contribution is 0.0953. The normalized spacial score (nSPS) is 10.1. The Morgan fingerprint density at radius 2 is 2.28 bits per heavy atom. The van der Waals surface area contributed by atoms with Crippen molar-refractivity contribution >= 4 is 23.4 Å². The lowest BCUT2D eigenvalue weighted by atomic mass is 10.2. The van der Waals surface area contributed by atoms with Gasteiger partial charge in [-0.15, -0.1) is 0 Å². The molecule has 1 rings (SSSR count). The van der Waals surface area contributed by atoms with E-state index in [1.165, 1.54) is 0 Å². The van der Waals surface area contributed by atoms with E-state index in [0.717, 1.165) is 37.4 Å². The Kier molecular flexibility index (Phi) is 7.25. The quantitative estimate of drug-likeness (QED) is 0.710. The van der Waals surface area contributed by atoms with E-state index in [0.29, 0.717) is 5.56 Å². The Bertz CT molecular complexity index is 371. The lowest BCUT2D eigenvalue weighted by Crippen LogP contribution is -2.25. The summed E-state index contributed by atoms with van der Waals surface area (Å²) in [5, 5.41) is 6.09. The minimum atomic E-state index is -0.0526. The number of amides is 1. The largest absolute Gasteiger partial charge is 0.385 e. The molecule has 0 fully saturated rings. The average molecular weight is 267 g/mol. The zero-order valence-electron chi connectivity index (χ0n) is 11.0. The smallest absolute Gasteiger partial charge is 0.254 e. The third-order valence-corrected chi connectivity index (χ3v) is 3.19. The number of rotatable bonds is 8. The summed E-state index contributed by atoms with van der Waals surface area (Å²) < 4.78 is 0. The molecule has 2 N–H and O–H groups in total. The van der Waals surface area contributed by atoms with Gasteiger partial charge in [0.2, 0.25) is 0 Å². The van der Waals surface area contributed by atoms with Crippen molar-refractivity contribution in [2.75, 3.05) is 30.4 Å². The van der Waals surface area contributed by atoms with Crippen LogP contribution in [0.3, 0.4) is 0 Å². The molecule has 0 aliphatic carbocycles. The first-order valence-electron chi connectivity index (χ1n) is 6.24. The summed E-state index contributed by atoms with van der Waals surface area (Å²) in [4.78, 5) is 16.0. The van der Waals surface area contributed by atoms with E-state index in [1.54, 1.807) is 12.4 Å². The highest BCUT2D eigenvalue weighted by molar-refractivity contribution is 7.98. The van der Waals surface area contributed by atoms with Gasteiger partial charge in [-0.3, -0.25) is 9.78 Å². The molecule has 0 saturated carbocycles. The molecular formula is C13H21N3OS. The highest BCUT2D eigenvalue weighted by Crippen LogP contribution is 2.12. The number of unbranched alkanes of at least 4 members (excludes halogenated alkanes) is 1. The van der Waals surface area contributed by atoms with Gasteiger partial charge in [0.05, 0.1) is 11.3 Å². The van der Waals surface area contributed by atoms with E-state index in [4.69, 9.17) is 0 Å². The van der Waals surface area contributed by atoms with Crippen LogP contribution in [0.5, 0.6) is 0 Å². The van der Waals surface area contributed by atoms with E-state index in [9.17, 15) is 4.79 Å². The molecule has 5 heteroatoms. The molecule has 1 aromatic rings. The maximum atomic E-state index is 12.0. The van der Waals surface area contributed by atoms with Crippen molar-refractivity contribution in [2.45, 2.75) is 19.8 Å². The van der Waals surface area contributed by atoms with Crippen molar-refractivity contribution in [3.05, 3.63) is 24.0 Å². The van der Waals surface area contributed by atoms with Gasteiger partial charge in [0.1, 0.15) is 0 Å². The molecule has 4 nitrogen and oxygen atoms in total. The van der Waals surface area contributed by atoms with E-state index in [1.807, 2.05) is 24.8 Å². The van der Waals surface area contributed by atoms with E-state index in [-0.39, 0.29) is 5.91 Å². The molecule has 1 heterocycles. The van der Waals surface area contributed by atoms with Crippen LogP contribution in [0, 0.1) is 0 Å². The molecule has 0 atom stereocenters. The Hall–Kier alpha value is -1.23. The molecule has 1 amide bonds. The van der Waals surface area contributed by atoms with E-state index < -0.39 is 0 Å². The predicted molar refractivity (Wildman–Crippen MR) is 78.3 cm³/mol. The number of nitrogens with zero attached hydrogens (tertiary/aromatic N) is 1. The summed E-state index contributed by atoms with van der Waals surface area (Å²) in [6.07, 6.45) is 7.54. The molecular weight excluding hydrogens is 246 g/mol. The van der Waals surface area contributed by atoms with Crippen LogP contribution in [0.15, 0.2) is 18.5 Å². The topological polar surface area (TPSA) is 54.0 Å². The highest BCUT2D eigenvalue weighted by Gasteiger charge is 2.09. The fourth-order valence-electron chi connectivity index (χ4n) is 1.59.